The first-order valence-electron chi connectivity index (χ1n) is 6.31. The fraction of sp³-hybridized carbons (Fsp3) is 0.818. The number of hydrogen-bond acceptors (Lipinski definition) is 7. The number of carboxylic acid groups (broad SMARTS) is 2. The van der Waals surface area contributed by atoms with Crippen LogP contribution in [0.3, 0.4) is 0 Å². The summed E-state index contributed by atoms with van der Waals surface area (Å²) < 4.78 is 0. The Morgan fingerprint density at radius 2 is 1.50 bits per heavy atom. The second-order valence-electron chi connectivity index (χ2n) is 4.04. The third-order valence-electron chi connectivity index (χ3n) is 2.16. The third-order valence-corrected chi connectivity index (χ3v) is 3.28. The maximum atomic E-state index is 10.1. The Bertz CT molecular complexity index is 243. The summed E-state index contributed by atoms with van der Waals surface area (Å²) in [6.45, 7) is 1.17. The lowest BCUT2D eigenvalue weighted by molar-refractivity contribution is -0.139. The van der Waals surface area contributed by atoms with E-state index >= 15 is 0 Å². The normalized spacial score (nSPS) is 13.0. The summed E-state index contributed by atoms with van der Waals surface area (Å²) in [6.07, 6.45) is 2.16. The molecule has 0 rings (SSSR count). The van der Waals surface area contributed by atoms with Crippen LogP contribution in [0.2, 0.25) is 0 Å². The van der Waals surface area contributed by atoms with Gasteiger partial charge in [-0.25, -0.2) is 0 Å². The zero-order chi connectivity index (χ0) is 16.0. The quantitative estimate of drug-likeness (QED) is 0.265. The number of hydrogen-bond donors (Lipinski definition) is 6. The molecule has 0 fully saturated rings. The fourth-order valence-corrected chi connectivity index (χ4v) is 1.73. The summed E-state index contributed by atoms with van der Waals surface area (Å²) in [5, 5.41) is 16.6. The Kier molecular flexibility index (Phi) is 15.6. The van der Waals surface area contributed by atoms with E-state index in [2.05, 4.69) is 0 Å². The minimum atomic E-state index is -0.954. The minimum absolute atomic E-state index is 0.437. The first-order valence-corrected chi connectivity index (χ1v) is 7.46. The number of unbranched alkanes of at least 4 members (excludes halogenated alkanes) is 1. The van der Waals surface area contributed by atoms with Gasteiger partial charge in [0.25, 0.3) is 0 Å². The highest BCUT2D eigenvalue weighted by Gasteiger charge is 2.10. The van der Waals surface area contributed by atoms with Crippen molar-refractivity contribution in [3.8, 4) is 0 Å². The van der Waals surface area contributed by atoms with Crippen LogP contribution in [0, 0.1) is 0 Å². The summed E-state index contributed by atoms with van der Waals surface area (Å²) in [4.78, 5) is 20.3. The van der Waals surface area contributed by atoms with Gasteiger partial charge in [-0.2, -0.15) is 11.8 Å². The molecule has 0 amide bonds. The lowest BCUT2D eigenvalue weighted by Crippen LogP contribution is -2.32. The number of rotatable bonds is 10. The molecule has 9 heteroatoms. The van der Waals surface area contributed by atoms with Crippen LogP contribution in [0.15, 0.2) is 0 Å². The second-order valence-corrected chi connectivity index (χ2v) is 5.19. The van der Waals surface area contributed by atoms with Crippen molar-refractivity contribution in [2.45, 2.75) is 31.3 Å². The van der Waals surface area contributed by atoms with Crippen LogP contribution in [0.25, 0.3) is 0 Å². The first-order chi connectivity index (χ1) is 9.36. The van der Waals surface area contributed by atoms with Crippen molar-refractivity contribution < 1.29 is 19.8 Å². The average molecular weight is 310 g/mol. The monoisotopic (exact) mass is 310 g/mol. The van der Waals surface area contributed by atoms with E-state index in [1.165, 1.54) is 11.8 Å². The van der Waals surface area contributed by atoms with Crippen LogP contribution in [-0.4, -0.2) is 58.8 Å². The summed E-state index contributed by atoms with van der Waals surface area (Å²) in [5.74, 6) is -0.686. The molecule has 0 aromatic carbocycles. The van der Waals surface area contributed by atoms with Crippen molar-refractivity contribution in [2.24, 2.45) is 22.9 Å². The number of thioether (sulfide) groups is 1. The minimum Gasteiger partial charge on any atom is -0.480 e. The zero-order valence-electron chi connectivity index (χ0n) is 11.5. The number of carbonyl (C=O) groups is 2. The molecule has 0 saturated carbocycles. The van der Waals surface area contributed by atoms with Gasteiger partial charge in [0.2, 0.25) is 0 Å². The predicted octanol–water partition coefficient (Wildman–Crippen LogP) is -1.38. The van der Waals surface area contributed by atoms with Crippen LogP contribution in [0.5, 0.6) is 0 Å². The highest BCUT2D eigenvalue weighted by molar-refractivity contribution is 7.99. The van der Waals surface area contributed by atoms with Gasteiger partial charge in [-0.3, -0.25) is 9.59 Å². The van der Waals surface area contributed by atoms with Crippen molar-refractivity contribution in [1.82, 2.24) is 0 Å². The van der Waals surface area contributed by atoms with E-state index in [0.29, 0.717) is 25.3 Å². The molecule has 8 nitrogen and oxygen atoms in total. The van der Waals surface area contributed by atoms with Gasteiger partial charge >= 0.3 is 11.9 Å². The van der Waals surface area contributed by atoms with Crippen molar-refractivity contribution >= 4 is 23.7 Å². The van der Waals surface area contributed by atoms with E-state index < -0.39 is 24.0 Å². The largest absolute Gasteiger partial charge is 0.480 e. The average Bonchev–Trinajstić information content (AvgIpc) is 2.39. The standard InChI is InChI=1S/C6H14N2O2.C5H12N2O2S/c7-4-2-1-3-5(8)6(9)10;6-1-2-10-3-4(7)5(8)9/h5H,1-4,7-8H2,(H,9,10);4H,1-3,6-7H2,(H,8,9)/t5-;4-/m00/s1. The molecular formula is C11H26N4O4S. The van der Waals surface area contributed by atoms with E-state index in [-0.39, 0.29) is 0 Å². The van der Waals surface area contributed by atoms with Crippen LogP contribution >= 0.6 is 11.8 Å². The van der Waals surface area contributed by atoms with Crippen LogP contribution in [-0.2, 0) is 9.59 Å². The molecule has 0 heterocycles. The Balaban J connectivity index is 0. The topological polar surface area (TPSA) is 179 Å². The maximum Gasteiger partial charge on any atom is 0.321 e. The molecule has 120 valence electrons. The molecular weight excluding hydrogens is 284 g/mol. The van der Waals surface area contributed by atoms with Gasteiger partial charge in [-0.15, -0.1) is 0 Å². The van der Waals surface area contributed by atoms with Gasteiger partial charge in [0.15, 0.2) is 0 Å². The van der Waals surface area contributed by atoms with E-state index in [0.717, 1.165) is 18.6 Å². The zero-order valence-corrected chi connectivity index (χ0v) is 12.3. The molecule has 0 aromatic heterocycles. The number of carboxylic acids is 2. The van der Waals surface area contributed by atoms with Crippen LogP contribution < -0.4 is 22.9 Å². The third kappa shape index (κ3) is 15.2. The first kappa shape index (κ1) is 21.4. The molecule has 0 radical (unpaired) electrons. The Morgan fingerprint density at radius 1 is 0.950 bits per heavy atom. The van der Waals surface area contributed by atoms with Gasteiger partial charge < -0.3 is 33.1 Å². The summed E-state index contributed by atoms with van der Waals surface area (Å²) >= 11 is 1.46. The molecule has 0 aromatic rings. The molecule has 0 spiro atoms. The van der Waals surface area contributed by atoms with Crippen molar-refractivity contribution in [3.05, 3.63) is 0 Å². The molecule has 10 N–H and O–H groups in total. The van der Waals surface area contributed by atoms with E-state index in [9.17, 15) is 9.59 Å². The lowest BCUT2D eigenvalue weighted by Gasteiger charge is -2.03. The van der Waals surface area contributed by atoms with Crippen molar-refractivity contribution in [3.63, 3.8) is 0 Å². The highest BCUT2D eigenvalue weighted by atomic mass is 32.2. The summed E-state index contributed by atoms with van der Waals surface area (Å²) in [7, 11) is 0. The number of aliphatic carboxylic acids is 2. The smallest absolute Gasteiger partial charge is 0.321 e. The van der Waals surface area contributed by atoms with E-state index in [4.69, 9.17) is 33.1 Å². The Morgan fingerprint density at radius 3 is 1.90 bits per heavy atom. The second kappa shape index (κ2) is 14.5. The summed E-state index contributed by atoms with van der Waals surface area (Å²) in [5.41, 5.74) is 20.8. The number of nitrogens with two attached hydrogens (primary N) is 4. The summed E-state index contributed by atoms with van der Waals surface area (Å²) in [6, 6.07) is -1.47. The Hall–Kier alpha value is -0.870. The van der Waals surface area contributed by atoms with Gasteiger partial charge in [0, 0.05) is 18.1 Å². The van der Waals surface area contributed by atoms with Gasteiger partial charge in [-0.05, 0) is 19.4 Å². The van der Waals surface area contributed by atoms with Gasteiger partial charge in [-0.1, -0.05) is 6.42 Å². The van der Waals surface area contributed by atoms with E-state index in [1.807, 2.05) is 0 Å². The molecule has 20 heavy (non-hydrogen) atoms. The molecule has 0 saturated heterocycles. The van der Waals surface area contributed by atoms with Gasteiger partial charge in [0.1, 0.15) is 12.1 Å². The van der Waals surface area contributed by atoms with Gasteiger partial charge in [0.05, 0.1) is 0 Å². The van der Waals surface area contributed by atoms with Crippen LogP contribution in [0.4, 0.5) is 0 Å². The lowest BCUT2D eigenvalue weighted by atomic mass is 10.1. The molecule has 2 atom stereocenters. The molecule has 0 unspecified atom stereocenters. The molecule has 0 aliphatic heterocycles. The highest BCUT2D eigenvalue weighted by Crippen LogP contribution is 1.99. The maximum absolute atomic E-state index is 10.1. The van der Waals surface area contributed by atoms with E-state index in [1.54, 1.807) is 0 Å². The Labute approximate surface area is 123 Å². The fourth-order valence-electron chi connectivity index (χ4n) is 0.997. The van der Waals surface area contributed by atoms with Crippen molar-refractivity contribution in [2.75, 3.05) is 24.6 Å². The predicted molar refractivity (Wildman–Crippen MR) is 80.5 cm³/mol. The van der Waals surface area contributed by atoms with Crippen LogP contribution in [0.1, 0.15) is 19.3 Å². The molecule has 0 aliphatic carbocycles. The SMILES string of the molecule is NCCCC[C@H](N)C(=O)O.NCCSC[C@H](N)C(=O)O. The molecule has 0 bridgehead atoms. The molecule has 0 aliphatic rings. The van der Waals surface area contributed by atoms with Crippen molar-refractivity contribution in [1.29, 1.82) is 0 Å².